The first-order chi connectivity index (χ1) is 6.16. The number of benzene rings is 1. The molecular formula is C10H14Br2Si. The maximum Gasteiger partial charge on any atom is 0.0349 e. The van der Waals surface area contributed by atoms with Crippen LogP contribution < -0.4 is 0 Å². The molecule has 1 aromatic rings. The first-order valence-corrected chi connectivity index (χ1v) is 7.34. The molecule has 0 nitrogen and oxygen atoms in total. The molecule has 3 heteroatoms. The number of hydrogen-bond donors (Lipinski definition) is 0. The summed E-state index contributed by atoms with van der Waals surface area (Å²) < 4.78 is 2.41. The molecule has 0 aromatic heterocycles. The highest BCUT2D eigenvalue weighted by molar-refractivity contribution is 9.13. The molecule has 1 atom stereocenters. The molecular weight excluding hydrogens is 308 g/mol. The molecule has 0 aliphatic carbocycles. The zero-order valence-electron chi connectivity index (χ0n) is 7.98. The number of rotatable bonds is 3. The average Bonchev–Trinajstić information content (AvgIpc) is 2.10. The van der Waals surface area contributed by atoms with E-state index in [1.54, 1.807) is 0 Å². The van der Waals surface area contributed by atoms with Crippen molar-refractivity contribution in [2.45, 2.75) is 25.3 Å². The Balaban J connectivity index is 2.93. The zero-order valence-corrected chi connectivity index (χ0v) is 13.2. The molecule has 1 unspecified atom stereocenters. The Labute approximate surface area is 99.8 Å². The number of hydrogen-bond acceptors (Lipinski definition) is 0. The summed E-state index contributed by atoms with van der Waals surface area (Å²) in [5.74, 6) is 0. The molecule has 0 radical (unpaired) electrons. The van der Waals surface area contributed by atoms with E-state index in [1.807, 2.05) is 0 Å². The second-order valence-corrected chi connectivity index (χ2v) is 6.37. The molecule has 1 rings (SSSR count). The van der Waals surface area contributed by atoms with E-state index in [2.05, 4.69) is 57.0 Å². The molecule has 0 bridgehead atoms. The van der Waals surface area contributed by atoms with Crippen molar-refractivity contribution in [3.8, 4) is 0 Å². The van der Waals surface area contributed by atoms with Crippen molar-refractivity contribution in [2.24, 2.45) is 0 Å². The topological polar surface area (TPSA) is 0 Å². The van der Waals surface area contributed by atoms with Gasteiger partial charge >= 0.3 is 0 Å². The Kier molecular flexibility index (Phi) is 4.69. The molecule has 0 saturated carbocycles. The van der Waals surface area contributed by atoms with Crippen molar-refractivity contribution in [2.75, 3.05) is 0 Å². The van der Waals surface area contributed by atoms with E-state index in [4.69, 9.17) is 0 Å². The molecule has 0 spiro atoms. The highest BCUT2D eigenvalue weighted by Gasteiger charge is 2.09. The van der Waals surface area contributed by atoms with Gasteiger partial charge in [-0.3, -0.25) is 0 Å². The maximum absolute atomic E-state index is 3.63. The number of halogens is 2. The van der Waals surface area contributed by atoms with Gasteiger partial charge in [0, 0.05) is 19.2 Å². The predicted molar refractivity (Wildman–Crippen MR) is 69.4 cm³/mol. The van der Waals surface area contributed by atoms with Crippen LogP contribution in [-0.4, -0.2) is 10.2 Å². The first-order valence-electron chi connectivity index (χ1n) is 4.60. The van der Waals surface area contributed by atoms with Crippen LogP contribution in [0.2, 0.25) is 0 Å². The van der Waals surface area contributed by atoms with Crippen molar-refractivity contribution in [1.82, 2.24) is 0 Å². The van der Waals surface area contributed by atoms with Crippen molar-refractivity contribution in [3.63, 3.8) is 0 Å². The van der Waals surface area contributed by atoms with Gasteiger partial charge in [-0.15, -0.1) is 0 Å². The molecule has 13 heavy (non-hydrogen) atoms. The lowest BCUT2D eigenvalue weighted by Crippen LogP contribution is -1.98. The fraction of sp³-hybridized carbons (Fsp3) is 0.400. The van der Waals surface area contributed by atoms with Crippen LogP contribution in [0.25, 0.3) is 0 Å². The van der Waals surface area contributed by atoms with Gasteiger partial charge < -0.3 is 0 Å². The van der Waals surface area contributed by atoms with Crippen LogP contribution in [0.1, 0.15) is 30.9 Å². The molecule has 1 aromatic carbocycles. The lowest BCUT2D eigenvalue weighted by molar-refractivity contribution is 0.766. The monoisotopic (exact) mass is 320 g/mol. The van der Waals surface area contributed by atoms with Crippen LogP contribution in [0, 0.1) is 0 Å². The van der Waals surface area contributed by atoms with E-state index >= 15 is 0 Å². The van der Waals surface area contributed by atoms with Crippen LogP contribution in [0.4, 0.5) is 0 Å². The van der Waals surface area contributed by atoms with Gasteiger partial charge in [0.1, 0.15) is 0 Å². The fourth-order valence-electron chi connectivity index (χ4n) is 1.49. The molecule has 0 heterocycles. The smallest absolute Gasteiger partial charge is 0.0349 e. The minimum Gasteiger partial charge on any atom is -0.0654 e. The van der Waals surface area contributed by atoms with Crippen molar-refractivity contribution < 1.29 is 0 Å². The summed E-state index contributed by atoms with van der Waals surface area (Å²) >= 11 is 7.16. The Bertz CT molecular complexity index is 286. The van der Waals surface area contributed by atoms with Gasteiger partial charge in [0.2, 0.25) is 0 Å². The van der Waals surface area contributed by atoms with Crippen molar-refractivity contribution in [1.29, 1.82) is 0 Å². The Hall–Kier alpha value is 0.397. The van der Waals surface area contributed by atoms with Crippen LogP contribution in [-0.2, 0) is 0 Å². The molecule has 0 aliphatic heterocycles. The summed E-state index contributed by atoms with van der Waals surface area (Å²) in [4.78, 5) is 0. The standard InChI is InChI=1S/C10H14Br2Si/c1-2-4-9(13)7-5-3-6-8(11)10(7)12/h3,5-6,9H,2,4H2,1,13H3. The summed E-state index contributed by atoms with van der Waals surface area (Å²) in [6.07, 6.45) is 2.58. The van der Waals surface area contributed by atoms with Gasteiger partial charge in [0.15, 0.2) is 0 Å². The second kappa shape index (κ2) is 5.32. The van der Waals surface area contributed by atoms with E-state index < -0.39 is 0 Å². The maximum atomic E-state index is 3.63. The highest BCUT2D eigenvalue weighted by Crippen LogP contribution is 2.31. The van der Waals surface area contributed by atoms with Gasteiger partial charge in [0.05, 0.1) is 0 Å². The van der Waals surface area contributed by atoms with Crippen LogP contribution in [0.5, 0.6) is 0 Å². The summed E-state index contributed by atoms with van der Waals surface area (Å²) in [6, 6.07) is 6.42. The average molecular weight is 322 g/mol. The molecule has 0 aliphatic rings. The Morgan fingerprint density at radius 3 is 2.69 bits per heavy atom. The predicted octanol–water partition coefficient (Wildman–Crippen LogP) is 3.42. The van der Waals surface area contributed by atoms with Gasteiger partial charge in [-0.25, -0.2) is 0 Å². The first kappa shape index (κ1) is 11.5. The SMILES string of the molecule is CCCC([SiH3])c1cccc(Br)c1Br. The molecule has 0 saturated heterocycles. The molecule has 0 fully saturated rings. The van der Waals surface area contributed by atoms with E-state index in [0.29, 0.717) is 0 Å². The quantitative estimate of drug-likeness (QED) is 0.748. The Morgan fingerprint density at radius 1 is 1.38 bits per heavy atom. The van der Waals surface area contributed by atoms with Gasteiger partial charge in [0.25, 0.3) is 0 Å². The van der Waals surface area contributed by atoms with Crippen LogP contribution >= 0.6 is 31.9 Å². The summed E-state index contributed by atoms with van der Waals surface area (Å²) in [5.41, 5.74) is 2.24. The van der Waals surface area contributed by atoms with E-state index in [-0.39, 0.29) is 0 Å². The minimum absolute atomic E-state index is 0.775. The largest absolute Gasteiger partial charge is 0.0654 e. The van der Waals surface area contributed by atoms with Crippen molar-refractivity contribution >= 4 is 42.1 Å². The normalized spacial score (nSPS) is 13.2. The van der Waals surface area contributed by atoms with Crippen LogP contribution in [0.3, 0.4) is 0 Å². The summed E-state index contributed by atoms with van der Waals surface area (Å²) in [5, 5.41) is 0. The van der Waals surface area contributed by atoms with Gasteiger partial charge in [-0.2, -0.15) is 0 Å². The lowest BCUT2D eigenvalue weighted by atomic mass is 10.1. The molecule has 0 N–H and O–H groups in total. The van der Waals surface area contributed by atoms with Crippen molar-refractivity contribution in [3.05, 3.63) is 32.7 Å². The Morgan fingerprint density at radius 2 is 2.08 bits per heavy atom. The van der Waals surface area contributed by atoms with E-state index in [0.717, 1.165) is 5.54 Å². The lowest BCUT2D eigenvalue weighted by Gasteiger charge is -2.13. The molecule has 72 valence electrons. The van der Waals surface area contributed by atoms with Gasteiger partial charge in [-0.1, -0.05) is 25.5 Å². The van der Waals surface area contributed by atoms with Gasteiger partial charge in [-0.05, 0) is 55.5 Å². The van der Waals surface area contributed by atoms with Crippen LogP contribution in [0.15, 0.2) is 27.1 Å². The second-order valence-electron chi connectivity index (χ2n) is 3.33. The summed E-state index contributed by atoms with van der Waals surface area (Å²) in [6.45, 7) is 2.25. The highest BCUT2D eigenvalue weighted by atomic mass is 79.9. The molecule has 0 amide bonds. The zero-order chi connectivity index (χ0) is 9.84. The third-order valence-corrected chi connectivity index (χ3v) is 5.51. The van der Waals surface area contributed by atoms with E-state index in [1.165, 1.54) is 37.6 Å². The summed E-state index contributed by atoms with van der Waals surface area (Å²) in [7, 11) is 1.23. The fourth-order valence-corrected chi connectivity index (χ4v) is 4.01. The van der Waals surface area contributed by atoms with E-state index in [9.17, 15) is 0 Å². The minimum atomic E-state index is 0.775. The third kappa shape index (κ3) is 2.93. The third-order valence-electron chi connectivity index (χ3n) is 2.23.